The second kappa shape index (κ2) is 6.00. The number of benzene rings is 1. The maximum absolute atomic E-state index is 11.1. The lowest BCUT2D eigenvalue weighted by atomic mass is 10.3. The molecule has 1 rings (SSSR count). The average Bonchev–Trinajstić information content (AvgIpc) is 2.27. The molecule has 1 aromatic carbocycles. The van der Waals surface area contributed by atoms with Crippen molar-refractivity contribution in [2.75, 3.05) is 32.2 Å². The fourth-order valence-electron chi connectivity index (χ4n) is 1.29. The third-order valence-electron chi connectivity index (χ3n) is 2.00. The molecule has 0 radical (unpaired) electrons. The van der Waals surface area contributed by atoms with E-state index in [1.807, 2.05) is 43.3 Å². The van der Waals surface area contributed by atoms with Gasteiger partial charge in [-0.15, -0.1) is 0 Å². The molecule has 0 heterocycles. The zero-order chi connectivity index (χ0) is 12.0. The number of esters is 1. The second-order valence-electron chi connectivity index (χ2n) is 3.46. The molecule has 88 valence electrons. The van der Waals surface area contributed by atoms with Gasteiger partial charge < -0.3 is 14.4 Å². The first-order chi connectivity index (χ1) is 7.65. The normalized spacial score (nSPS) is 9.69. The van der Waals surface area contributed by atoms with Crippen LogP contribution in [0, 0.1) is 0 Å². The maximum Gasteiger partial charge on any atom is 0.344 e. The molecule has 16 heavy (non-hydrogen) atoms. The van der Waals surface area contributed by atoms with E-state index in [9.17, 15) is 4.79 Å². The van der Waals surface area contributed by atoms with Crippen LogP contribution in [0.1, 0.15) is 6.92 Å². The molecule has 0 aromatic heterocycles. The van der Waals surface area contributed by atoms with Crippen molar-refractivity contribution in [3.05, 3.63) is 24.3 Å². The van der Waals surface area contributed by atoms with E-state index in [2.05, 4.69) is 0 Å². The summed E-state index contributed by atoms with van der Waals surface area (Å²) in [5.74, 6) is 0.330. The van der Waals surface area contributed by atoms with Gasteiger partial charge in [0, 0.05) is 14.1 Å². The zero-order valence-electron chi connectivity index (χ0n) is 9.90. The molecule has 0 saturated carbocycles. The molecule has 0 amide bonds. The van der Waals surface area contributed by atoms with Crippen LogP contribution < -0.4 is 9.64 Å². The van der Waals surface area contributed by atoms with Gasteiger partial charge in [-0.25, -0.2) is 4.79 Å². The molecule has 0 bridgehead atoms. The predicted molar refractivity (Wildman–Crippen MR) is 62.9 cm³/mol. The van der Waals surface area contributed by atoms with Crippen molar-refractivity contribution in [1.29, 1.82) is 0 Å². The van der Waals surface area contributed by atoms with E-state index < -0.39 is 0 Å². The van der Waals surface area contributed by atoms with Gasteiger partial charge in [0.15, 0.2) is 6.61 Å². The number of carbonyl (C=O) groups excluding carboxylic acids is 1. The Balaban J connectivity index is 2.63. The molecule has 0 fully saturated rings. The third kappa shape index (κ3) is 3.46. The highest BCUT2D eigenvalue weighted by molar-refractivity contribution is 5.71. The molecular weight excluding hydrogens is 206 g/mol. The van der Waals surface area contributed by atoms with Crippen molar-refractivity contribution >= 4 is 11.7 Å². The largest absolute Gasteiger partial charge is 0.480 e. The first-order valence-corrected chi connectivity index (χ1v) is 5.20. The fraction of sp³-hybridized carbons (Fsp3) is 0.417. The van der Waals surface area contributed by atoms with Gasteiger partial charge in [-0.2, -0.15) is 0 Å². The number of nitrogens with zero attached hydrogens (tertiary/aromatic N) is 1. The van der Waals surface area contributed by atoms with Crippen LogP contribution in [0.5, 0.6) is 5.75 Å². The van der Waals surface area contributed by atoms with Crippen LogP contribution >= 0.6 is 0 Å². The van der Waals surface area contributed by atoms with Crippen molar-refractivity contribution < 1.29 is 14.3 Å². The Bertz CT molecular complexity index is 350. The Morgan fingerprint density at radius 1 is 1.31 bits per heavy atom. The summed E-state index contributed by atoms with van der Waals surface area (Å²) >= 11 is 0. The third-order valence-corrected chi connectivity index (χ3v) is 2.00. The van der Waals surface area contributed by atoms with Crippen LogP contribution in [0.25, 0.3) is 0 Å². The number of ether oxygens (including phenoxy) is 2. The van der Waals surface area contributed by atoms with Crippen LogP contribution in [0.2, 0.25) is 0 Å². The predicted octanol–water partition coefficient (Wildman–Crippen LogP) is 1.69. The van der Waals surface area contributed by atoms with Crippen molar-refractivity contribution in [2.45, 2.75) is 6.92 Å². The molecule has 0 spiro atoms. The van der Waals surface area contributed by atoms with Crippen molar-refractivity contribution in [3.63, 3.8) is 0 Å². The highest BCUT2D eigenvalue weighted by atomic mass is 16.6. The Hall–Kier alpha value is -1.71. The van der Waals surface area contributed by atoms with Gasteiger partial charge in [0.05, 0.1) is 12.3 Å². The molecule has 0 aliphatic rings. The number of para-hydroxylation sites is 2. The standard InChI is InChI=1S/C12H17NO3/c1-4-15-12(14)9-16-11-8-6-5-7-10(11)13(2)3/h5-8H,4,9H2,1-3H3. The topological polar surface area (TPSA) is 38.8 Å². The quantitative estimate of drug-likeness (QED) is 0.712. The summed E-state index contributed by atoms with van der Waals surface area (Å²) in [6.45, 7) is 2.09. The SMILES string of the molecule is CCOC(=O)COc1ccccc1N(C)C. The van der Waals surface area contributed by atoms with Gasteiger partial charge in [0.1, 0.15) is 5.75 Å². The van der Waals surface area contributed by atoms with Gasteiger partial charge >= 0.3 is 5.97 Å². The first-order valence-electron chi connectivity index (χ1n) is 5.20. The van der Waals surface area contributed by atoms with E-state index in [0.717, 1.165) is 5.69 Å². The van der Waals surface area contributed by atoms with E-state index >= 15 is 0 Å². The monoisotopic (exact) mass is 223 g/mol. The van der Waals surface area contributed by atoms with E-state index in [4.69, 9.17) is 9.47 Å². The van der Waals surface area contributed by atoms with Crippen LogP contribution in [-0.2, 0) is 9.53 Å². The molecule has 0 atom stereocenters. The zero-order valence-corrected chi connectivity index (χ0v) is 9.90. The first kappa shape index (κ1) is 12.4. The molecule has 4 heteroatoms. The van der Waals surface area contributed by atoms with E-state index in [1.54, 1.807) is 6.92 Å². The van der Waals surface area contributed by atoms with Gasteiger partial charge in [-0.1, -0.05) is 12.1 Å². The lowest BCUT2D eigenvalue weighted by molar-refractivity contribution is -0.145. The van der Waals surface area contributed by atoms with Crippen LogP contribution in [0.3, 0.4) is 0 Å². The molecular formula is C12H17NO3. The minimum absolute atomic E-state index is 0.0569. The summed E-state index contributed by atoms with van der Waals surface area (Å²) in [5.41, 5.74) is 0.937. The van der Waals surface area contributed by atoms with Crippen molar-refractivity contribution in [1.82, 2.24) is 0 Å². The minimum atomic E-state index is -0.351. The molecule has 0 unspecified atom stereocenters. The average molecular weight is 223 g/mol. The summed E-state index contributed by atoms with van der Waals surface area (Å²) < 4.78 is 10.2. The lowest BCUT2D eigenvalue weighted by Gasteiger charge is -2.17. The Kier molecular flexibility index (Phi) is 4.64. The molecule has 4 nitrogen and oxygen atoms in total. The van der Waals surface area contributed by atoms with Gasteiger partial charge in [0.2, 0.25) is 0 Å². The summed E-state index contributed by atoms with van der Waals surface area (Å²) in [4.78, 5) is 13.1. The number of anilines is 1. The van der Waals surface area contributed by atoms with Gasteiger partial charge in [-0.05, 0) is 19.1 Å². The Morgan fingerprint density at radius 2 is 2.00 bits per heavy atom. The second-order valence-corrected chi connectivity index (χ2v) is 3.46. The molecule has 1 aromatic rings. The lowest BCUT2D eigenvalue weighted by Crippen LogP contribution is -2.16. The fourth-order valence-corrected chi connectivity index (χ4v) is 1.29. The molecule has 0 saturated heterocycles. The summed E-state index contributed by atoms with van der Waals surface area (Å²) in [7, 11) is 3.85. The van der Waals surface area contributed by atoms with Crippen LogP contribution in [0.15, 0.2) is 24.3 Å². The van der Waals surface area contributed by atoms with Crippen molar-refractivity contribution in [2.24, 2.45) is 0 Å². The van der Waals surface area contributed by atoms with Crippen LogP contribution in [-0.4, -0.2) is 33.3 Å². The summed E-state index contributed by atoms with van der Waals surface area (Å²) in [6.07, 6.45) is 0. The number of rotatable bonds is 5. The summed E-state index contributed by atoms with van der Waals surface area (Å²) in [5, 5.41) is 0. The van der Waals surface area contributed by atoms with Gasteiger partial charge in [-0.3, -0.25) is 0 Å². The van der Waals surface area contributed by atoms with Gasteiger partial charge in [0.25, 0.3) is 0 Å². The Morgan fingerprint density at radius 3 is 2.62 bits per heavy atom. The smallest absolute Gasteiger partial charge is 0.344 e. The van der Waals surface area contributed by atoms with Crippen LogP contribution in [0.4, 0.5) is 5.69 Å². The Labute approximate surface area is 95.8 Å². The molecule has 0 N–H and O–H groups in total. The number of hydrogen-bond acceptors (Lipinski definition) is 4. The molecule has 0 aliphatic heterocycles. The van der Waals surface area contributed by atoms with E-state index in [0.29, 0.717) is 12.4 Å². The van der Waals surface area contributed by atoms with E-state index in [1.165, 1.54) is 0 Å². The molecule has 0 aliphatic carbocycles. The number of hydrogen-bond donors (Lipinski definition) is 0. The van der Waals surface area contributed by atoms with E-state index in [-0.39, 0.29) is 12.6 Å². The highest BCUT2D eigenvalue weighted by Crippen LogP contribution is 2.25. The highest BCUT2D eigenvalue weighted by Gasteiger charge is 2.07. The maximum atomic E-state index is 11.1. The minimum Gasteiger partial charge on any atom is -0.480 e. The summed E-state index contributed by atoms with van der Waals surface area (Å²) in [6, 6.07) is 7.55. The number of carbonyl (C=O) groups is 1. The van der Waals surface area contributed by atoms with Crippen molar-refractivity contribution in [3.8, 4) is 5.75 Å².